The minimum Gasteiger partial charge on any atom is -0.493 e. The van der Waals surface area contributed by atoms with Crippen molar-refractivity contribution in [3.63, 3.8) is 0 Å². The predicted octanol–water partition coefficient (Wildman–Crippen LogP) is 2.55. The molecule has 4 nitrogen and oxygen atoms in total. The average molecular weight is 427 g/mol. The molecule has 5 heteroatoms. The number of piperidine rings is 1. The SMILES string of the molecule is COc1ccc2c3c1O[C@H]1C(=O)CC[C@H]4[C@@H](C2)N(C)CC[C@]314.I. The summed E-state index contributed by atoms with van der Waals surface area (Å²) < 4.78 is 11.8. The summed E-state index contributed by atoms with van der Waals surface area (Å²) in [6, 6.07) is 4.73. The molecule has 23 heavy (non-hydrogen) atoms. The third-order valence-electron chi connectivity index (χ3n) is 6.59. The lowest BCUT2D eigenvalue weighted by atomic mass is 9.52. The van der Waals surface area contributed by atoms with Gasteiger partial charge >= 0.3 is 0 Å². The third kappa shape index (κ3) is 1.73. The quantitative estimate of drug-likeness (QED) is 0.646. The molecule has 0 aromatic heterocycles. The zero-order valence-electron chi connectivity index (χ0n) is 13.5. The second kappa shape index (κ2) is 5.09. The Bertz CT molecular complexity index is 691. The van der Waals surface area contributed by atoms with Crippen molar-refractivity contribution >= 4 is 29.8 Å². The zero-order chi connectivity index (χ0) is 15.1. The summed E-state index contributed by atoms with van der Waals surface area (Å²) in [6.45, 7) is 1.05. The van der Waals surface area contributed by atoms with Crippen LogP contribution in [0.5, 0.6) is 11.5 Å². The van der Waals surface area contributed by atoms with Gasteiger partial charge in [0.25, 0.3) is 0 Å². The maximum atomic E-state index is 12.6. The minimum absolute atomic E-state index is 0. The molecule has 2 fully saturated rings. The monoisotopic (exact) mass is 427 g/mol. The van der Waals surface area contributed by atoms with Crippen LogP contribution in [0.1, 0.15) is 30.4 Å². The Kier molecular flexibility index (Phi) is 3.47. The molecule has 1 saturated carbocycles. The van der Waals surface area contributed by atoms with E-state index < -0.39 is 0 Å². The largest absolute Gasteiger partial charge is 0.493 e. The van der Waals surface area contributed by atoms with Crippen molar-refractivity contribution in [2.45, 2.75) is 43.2 Å². The number of methoxy groups -OCH3 is 1. The molecule has 124 valence electrons. The summed E-state index contributed by atoms with van der Waals surface area (Å²) in [5.74, 6) is 2.46. The molecule has 0 unspecified atom stereocenters. The molecular formula is C18H22INO3. The zero-order valence-corrected chi connectivity index (χ0v) is 15.8. The maximum Gasteiger partial charge on any atom is 0.174 e. The van der Waals surface area contributed by atoms with E-state index in [1.807, 2.05) is 6.07 Å². The number of benzene rings is 1. The second-order valence-corrected chi connectivity index (χ2v) is 7.28. The molecule has 1 aromatic carbocycles. The smallest absolute Gasteiger partial charge is 0.174 e. The highest BCUT2D eigenvalue weighted by molar-refractivity contribution is 14.0. The first-order valence-electron chi connectivity index (χ1n) is 8.27. The standard InChI is InChI=1S/C18H21NO3.HI/c1-19-8-7-18-11-4-5-13(20)17(18)22-16-14(21-2)6-3-10(15(16)18)9-12(11)19;/h3,6,11-12,17H,4-5,7-9H2,1-2H3;1H/t11-,12+,17-,18-;/m0./s1. The number of carbonyl (C=O) groups is 1. The van der Waals surface area contributed by atoms with Gasteiger partial charge in [-0.3, -0.25) is 4.79 Å². The molecule has 2 aliphatic carbocycles. The summed E-state index contributed by atoms with van der Waals surface area (Å²) in [6.07, 6.45) is 3.47. The minimum atomic E-state index is -0.284. The van der Waals surface area contributed by atoms with E-state index in [2.05, 4.69) is 18.0 Å². The van der Waals surface area contributed by atoms with Gasteiger partial charge in [-0.1, -0.05) is 6.07 Å². The maximum absolute atomic E-state index is 12.6. The van der Waals surface area contributed by atoms with Gasteiger partial charge in [-0.2, -0.15) is 0 Å². The highest BCUT2D eigenvalue weighted by Gasteiger charge is 2.65. The van der Waals surface area contributed by atoms with Gasteiger partial charge in [0.05, 0.1) is 7.11 Å². The van der Waals surface area contributed by atoms with Gasteiger partial charge in [-0.25, -0.2) is 0 Å². The topological polar surface area (TPSA) is 38.8 Å². The number of likely N-dealkylation sites (tertiary alicyclic amines) is 1. The number of ketones is 1. The van der Waals surface area contributed by atoms with Crippen LogP contribution in [0.2, 0.25) is 0 Å². The van der Waals surface area contributed by atoms with E-state index >= 15 is 0 Å². The van der Waals surface area contributed by atoms with Gasteiger partial charge in [0.15, 0.2) is 23.4 Å². The van der Waals surface area contributed by atoms with Crippen LogP contribution < -0.4 is 9.47 Å². The Labute approximate surface area is 153 Å². The van der Waals surface area contributed by atoms with Crippen LogP contribution >= 0.6 is 24.0 Å². The lowest BCUT2D eigenvalue weighted by molar-refractivity contribution is -0.138. The molecule has 1 spiro atoms. The van der Waals surface area contributed by atoms with Crippen LogP contribution in [0, 0.1) is 5.92 Å². The first kappa shape index (κ1) is 15.7. The van der Waals surface area contributed by atoms with Crippen molar-refractivity contribution in [2.24, 2.45) is 5.92 Å². The van der Waals surface area contributed by atoms with Gasteiger partial charge in [0, 0.05) is 23.4 Å². The van der Waals surface area contributed by atoms with Crippen molar-refractivity contribution in [3.8, 4) is 11.5 Å². The highest BCUT2D eigenvalue weighted by Crippen LogP contribution is 2.62. The fourth-order valence-electron chi connectivity index (χ4n) is 5.67. The number of hydrogen-bond acceptors (Lipinski definition) is 4. The number of Topliss-reactive ketones (excluding diaryl/α,β-unsaturated/α-hetero) is 1. The van der Waals surface area contributed by atoms with Crippen LogP contribution in [0.3, 0.4) is 0 Å². The van der Waals surface area contributed by atoms with E-state index in [0.29, 0.717) is 18.4 Å². The Hall–Kier alpha value is -0.820. The van der Waals surface area contributed by atoms with Crippen LogP contribution in [0.25, 0.3) is 0 Å². The van der Waals surface area contributed by atoms with Gasteiger partial charge in [-0.05, 0) is 50.4 Å². The fourth-order valence-corrected chi connectivity index (χ4v) is 5.67. The van der Waals surface area contributed by atoms with Gasteiger partial charge < -0.3 is 14.4 Å². The molecule has 1 aromatic rings. The van der Waals surface area contributed by atoms with Crippen molar-refractivity contribution in [2.75, 3.05) is 20.7 Å². The third-order valence-corrected chi connectivity index (χ3v) is 6.59. The number of hydrogen-bond donors (Lipinski definition) is 0. The molecule has 4 aliphatic rings. The van der Waals surface area contributed by atoms with Crippen molar-refractivity contribution in [1.82, 2.24) is 4.90 Å². The van der Waals surface area contributed by atoms with Gasteiger partial charge in [0.1, 0.15) is 0 Å². The van der Waals surface area contributed by atoms with Crippen molar-refractivity contribution in [1.29, 1.82) is 0 Å². The summed E-state index contributed by atoms with van der Waals surface area (Å²) in [4.78, 5) is 15.1. The number of likely N-dealkylation sites (N-methyl/N-ethyl adjacent to an activating group) is 1. The second-order valence-electron chi connectivity index (χ2n) is 7.28. The van der Waals surface area contributed by atoms with Gasteiger partial charge in [0.2, 0.25) is 0 Å². The Morgan fingerprint density at radius 2 is 2.22 bits per heavy atom. The van der Waals surface area contributed by atoms with E-state index in [0.717, 1.165) is 37.3 Å². The molecule has 2 aliphatic heterocycles. The van der Waals surface area contributed by atoms with Crippen molar-refractivity contribution in [3.05, 3.63) is 23.3 Å². The van der Waals surface area contributed by atoms with Crippen LogP contribution in [-0.2, 0) is 16.6 Å². The lowest BCUT2D eigenvalue weighted by Gasteiger charge is -2.57. The average Bonchev–Trinajstić information content (AvgIpc) is 2.88. The molecule has 1 saturated heterocycles. The Morgan fingerprint density at radius 3 is 3.00 bits per heavy atom. The molecular weight excluding hydrogens is 405 g/mol. The van der Waals surface area contributed by atoms with Crippen LogP contribution in [-0.4, -0.2) is 43.5 Å². The number of nitrogens with zero attached hydrogens (tertiary/aromatic N) is 1. The Balaban J connectivity index is 0.00000135. The van der Waals surface area contributed by atoms with E-state index in [9.17, 15) is 4.79 Å². The predicted molar refractivity (Wildman–Crippen MR) is 97.0 cm³/mol. The van der Waals surface area contributed by atoms with Crippen LogP contribution in [0.15, 0.2) is 12.1 Å². The van der Waals surface area contributed by atoms with E-state index in [-0.39, 0.29) is 41.3 Å². The summed E-state index contributed by atoms with van der Waals surface area (Å²) in [5, 5.41) is 0. The molecule has 0 N–H and O–H groups in total. The van der Waals surface area contributed by atoms with Crippen molar-refractivity contribution < 1.29 is 14.3 Å². The lowest BCUT2D eigenvalue weighted by Crippen LogP contribution is -2.65. The fraction of sp³-hybridized carbons (Fsp3) is 0.611. The van der Waals surface area contributed by atoms with Crippen LogP contribution in [0.4, 0.5) is 0 Å². The molecule has 2 heterocycles. The van der Waals surface area contributed by atoms with E-state index in [4.69, 9.17) is 9.47 Å². The van der Waals surface area contributed by atoms with Gasteiger partial charge in [-0.15, -0.1) is 24.0 Å². The number of ether oxygens (including phenoxy) is 2. The van der Waals surface area contributed by atoms with E-state index in [1.54, 1.807) is 7.11 Å². The highest BCUT2D eigenvalue weighted by atomic mass is 127. The summed E-state index contributed by atoms with van der Waals surface area (Å²) in [7, 11) is 3.91. The molecule has 2 bridgehead atoms. The molecule has 4 atom stereocenters. The first-order valence-corrected chi connectivity index (χ1v) is 8.27. The summed E-state index contributed by atoms with van der Waals surface area (Å²) in [5.41, 5.74) is 2.57. The normalized spacial score (nSPS) is 36.8. The molecule has 5 rings (SSSR count). The number of halogens is 1. The molecule has 0 radical (unpaired) electrons. The van der Waals surface area contributed by atoms with E-state index in [1.165, 1.54) is 11.1 Å². The number of rotatable bonds is 1. The first-order chi connectivity index (χ1) is 10.7. The summed E-state index contributed by atoms with van der Waals surface area (Å²) >= 11 is 0. The molecule has 0 amide bonds. The number of carbonyl (C=O) groups excluding carboxylic acids is 1. The Morgan fingerprint density at radius 1 is 1.39 bits per heavy atom.